The van der Waals surface area contributed by atoms with Crippen LogP contribution in [0.15, 0.2) is 110 Å². The monoisotopic (exact) mass is 1520 g/mol. The lowest BCUT2D eigenvalue weighted by atomic mass is 9.84. The van der Waals surface area contributed by atoms with Gasteiger partial charge in [0.25, 0.3) is 0 Å². The summed E-state index contributed by atoms with van der Waals surface area (Å²) in [7, 11) is 0. The van der Waals surface area contributed by atoms with Crippen molar-refractivity contribution in [2.45, 2.75) is 165 Å². The molecule has 0 radical (unpaired) electrons. The standard InChI is InChI=1S/C79H94F9N15O6/c1-2-68(77(80,81)82)92-56-15-9-51(10-16-56)75(105)102-46-54-7-4-28-90-72(54)100(63-25-22-60(43-66(63)102)97-32-38-108-39-33-97)49-70(79(86,87)88)94-58-19-13-52(14-20-58)76(106)103-47-55-8-5-29-91-73(55)99(64-26-23-61(44-67(64)103)98-34-40-109-41-35-98)48-69(78(83,84)85)93-57-17-11-50(12-18-57)74(104)101-45-53-6-3-27-89-71(53)95-62-24-21-59(42-65(62)101)96-30-36-107-37-31-96/h3-8,21-29,42-44,50-52,56-58,68-70,92-94H,2,9-20,30-41,45-49H2,1H3,(H,89,95)/t50-,51-,52-,56+,57+,58-,68-,69+,70+/m0/s1. The van der Waals surface area contributed by atoms with Crippen LogP contribution in [0.25, 0.3) is 0 Å². The number of hydrogen-bond donors (Lipinski definition) is 4. The highest BCUT2D eigenvalue weighted by Gasteiger charge is 2.49. The zero-order valence-corrected chi connectivity index (χ0v) is 61.1. The fourth-order valence-corrected chi connectivity index (χ4v) is 17.5. The average molecular weight is 1520 g/mol. The predicted octanol–water partition coefficient (Wildman–Crippen LogP) is 13.0. The molecule has 15 rings (SSSR count). The summed E-state index contributed by atoms with van der Waals surface area (Å²) in [6, 6.07) is 19.7. The summed E-state index contributed by atoms with van der Waals surface area (Å²) in [5.74, 6) is -1.35. The van der Waals surface area contributed by atoms with Gasteiger partial charge in [0, 0.05) is 141 Å². The lowest BCUT2D eigenvalue weighted by molar-refractivity contribution is -0.159. The maximum Gasteiger partial charge on any atom is 0.405 e. The summed E-state index contributed by atoms with van der Waals surface area (Å²) >= 11 is 0. The molecule has 0 unspecified atom stereocenters. The SMILES string of the molecule is CC[C@H](N[C@H]1CC[C@@H](C(=O)N2Cc3cccnc3N(C[C@@H](N[C@H]3CC[C@H](C(=O)N4Cc5cccnc5N(C[C@@H](N[C@H]5CC[C@@H](C(=O)N6Cc7cccnc7Nc7ccc(N8CCOCC8)cc76)CC5)C(F)(F)F)c5ccc(N6CCOCC6)cc54)CC3)C(F)(F)F)c3ccc(N4CCOCC4)cc32)CC1)C(F)(F)F. The van der Waals surface area contributed by atoms with Gasteiger partial charge in [-0.05, 0) is 156 Å². The van der Waals surface area contributed by atoms with Crippen molar-refractivity contribution in [3.8, 4) is 0 Å². The van der Waals surface area contributed by atoms with Crippen LogP contribution in [0.2, 0.25) is 0 Å². The fourth-order valence-electron chi connectivity index (χ4n) is 17.5. The number of rotatable bonds is 17. The molecule has 6 fully saturated rings. The number of fused-ring (bicyclic) bond motifs is 6. The Balaban J connectivity index is 0.654. The number of alkyl halides is 9. The minimum absolute atomic E-state index is 0.0277. The van der Waals surface area contributed by atoms with Gasteiger partial charge in [-0.3, -0.25) is 14.4 Å². The average Bonchev–Trinajstić information content (AvgIpc) is 1.66. The Labute approximate surface area is 628 Å². The van der Waals surface area contributed by atoms with Gasteiger partial charge in [-0.25, -0.2) is 15.0 Å². The van der Waals surface area contributed by atoms with E-state index in [1.54, 1.807) is 62.2 Å². The maximum absolute atomic E-state index is 16.1. The number of carbonyl (C=O) groups is 3. The van der Waals surface area contributed by atoms with Crippen LogP contribution in [-0.2, 0) is 48.2 Å². The third-order valence-corrected chi connectivity index (χ3v) is 23.5. The Hall–Kier alpha value is -8.55. The summed E-state index contributed by atoms with van der Waals surface area (Å²) in [5, 5.41) is 12.2. The molecule has 0 bridgehead atoms. The Kier molecular flexibility index (Phi) is 22.6. The number of morpholine rings is 3. The zero-order chi connectivity index (χ0) is 75.7. The van der Waals surface area contributed by atoms with E-state index >= 15 is 35.9 Å². The van der Waals surface area contributed by atoms with E-state index in [-0.39, 0.29) is 81.1 Å². The van der Waals surface area contributed by atoms with Crippen LogP contribution in [0.4, 0.5) is 108 Å². The van der Waals surface area contributed by atoms with Gasteiger partial charge in [-0.2, -0.15) is 39.5 Å². The lowest BCUT2D eigenvalue weighted by Gasteiger charge is -2.38. The molecule has 6 aliphatic heterocycles. The van der Waals surface area contributed by atoms with Crippen molar-refractivity contribution >= 4 is 86.4 Å². The molecule has 6 aromatic rings. The van der Waals surface area contributed by atoms with Crippen molar-refractivity contribution in [3.63, 3.8) is 0 Å². The van der Waals surface area contributed by atoms with Crippen LogP contribution >= 0.6 is 0 Å². The van der Waals surface area contributed by atoms with Crippen molar-refractivity contribution in [2.24, 2.45) is 17.8 Å². The molecule has 3 aliphatic carbocycles. The molecular weight excluding hydrogens is 1430 g/mol. The topological polar surface area (TPSA) is 192 Å². The van der Waals surface area contributed by atoms with Crippen LogP contribution in [-0.4, -0.2) is 179 Å². The molecule has 109 heavy (non-hydrogen) atoms. The molecule has 3 saturated heterocycles. The summed E-state index contributed by atoms with van der Waals surface area (Å²) in [6.45, 7) is 6.77. The highest BCUT2D eigenvalue weighted by atomic mass is 19.4. The Morgan fingerprint density at radius 1 is 0.431 bits per heavy atom. The molecule has 3 aromatic carbocycles. The van der Waals surface area contributed by atoms with Crippen molar-refractivity contribution in [3.05, 3.63) is 126 Å². The third kappa shape index (κ3) is 16.8. The molecule has 0 spiro atoms. The minimum atomic E-state index is -4.82. The first-order valence-electron chi connectivity index (χ1n) is 38.6. The van der Waals surface area contributed by atoms with Gasteiger partial charge in [-0.15, -0.1) is 0 Å². The van der Waals surface area contributed by atoms with E-state index in [2.05, 4.69) is 41.0 Å². The van der Waals surface area contributed by atoms with Crippen molar-refractivity contribution in [1.29, 1.82) is 0 Å². The Morgan fingerprint density at radius 2 is 0.771 bits per heavy atom. The van der Waals surface area contributed by atoms with E-state index in [9.17, 15) is 18.0 Å². The molecule has 3 amide bonds. The van der Waals surface area contributed by atoms with Crippen LogP contribution in [0.5, 0.6) is 0 Å². The Morgan fingerprint density at radius 3 is 1.16 bits per heavy atom. The van der Waals surface area contributed by atoms with Crippen molar-refractivity contribution in [2.75, 3.05) is 137 Å². The van der Waals surface area contributed by atoms with E-state index in [4.69, 9.17) is 24.2 Å². The van der Waals surface area contributed by atoms with Gasteiger partial charge >= 0.3 is 18.5 Å². The molecular formula is C79H94F9N15O6. The summed E-state index contributed by atoms with van der Waals surface area (Å²) in [4.78, 5) is 74.3. The van der Waals surface area contributed by atoms with E-state index < -0.39 is 85.6 Å². The second kappa shape index (κ2) is 32.4. The molecule has 584 valence electrons. The first kappa shape index (κ1) is 75.8. The largest absolute Gasteiger partial charge is 0.405 e. The van der Waals surface area contributed by atoms with Gasteiger partial charge in [0.15, 0.2) is 0 Å². The number of amides is 3. The zero-order valence-electron chi connectivity index (χ0n) is 61.1. The minimum Gasteiger partial charge on any atom is -0.378 e. The summed E-state index contributed by atoms with van der Waals surface area (Å²) < 4.78 is 155. The van der Waals surface area contributed by atoms with E-state index in [0.29, 0.717) is 176 Å². The molecule has 21 nitrogen and oxygen atoms in total. The summed E-state index contributed by atoms with van der Waals surface area (Å²) in [6.07, 6.45) is -6.19. The molecule has 3 saturated carbocycles. The molecule has 3 aromatic heterocycles. The van der Waals surface area contributed by atoms with Crippen LogP contribution in [0, 0.1) is 17.8 Å². The first-order valence-corrected chi connectivity index (χ1v) is 38.6. The number of pyridine rings is 3. The number of anilines is 12. The first-order chi connectivity index (χ1) is 52.6. The van der Waals surface area contributed by atoms with Crippen LogP contribution < -0.4 is 60.5 Å². The molecule has 9 aliphatic rings. The van der Waals surface area contributed by atoms with Gasteiger partial charge in [0.2, 0.25) is 17.7 Å². The number of benzene rings is 3. The van der Waals surface area contributed by atoms with E-state index in [1.165, 1.54) is 24.2 Å². The Bertz CT molecular complexity index is 4190. The number of halogens is 9. The second-order valence-electron chi connectivity index (χ2n) is 30.3. The predicted molar refractivity (Wildman–Crippen MR) is 398 cm³/mol. The number of aromatic nitrogens is 3. The van der Waals surface area contributed by atoms with Crippen molar-refractivity contribution in [1.82, 2.24) is 30.9 Å². The number of hydrogen-bond acceptors (Lipinski definition) is 18. The molecule has 4 N–H and O–H groups in total. The maximum atomic E-state index is 16.1. The number of nitrogens with zero attached hydrogens (tertiary/aromatic N) is 11. The smallest absolute Gasteiger partial charge is 0.378 e. The molecule has 3 atom stereocenters. The summed E-state index contributed by atoms with van der Waals surface area (Å²) in [5.41, 5.74) is 7.03. The van der Waals surface area contributed by atoms with E-state index in [0.717, 1.165) is 28.3 Å². The van der Waals surface area contributed by atoms with Crippen LogP contribution in [0.1, 0.15) is 107 Å². The van der Waals surface area contributed by atoms with E-state index in [1.807, 2.05) is 54.6 Å². The normalized spacial score (nSPS) is 23.7. The third-order valence-electron chi connectivity index (χ3n) is 23.5. The number of carbonyl (C=O) groups excluding carboxylic acids is 3. The van der Waals surface area contributed by atoms with Gasteiger partial charge < -0.3 is 74.7 Å². The van der Waals surface area contributed by atoms with Gasteiger partial charge in [-0.1, -0.05) is 25.1 Å². The number of nitrogens with one attached hydrogen (secondary N) is 4. The van der Waals surface area contributed by atoms with Crippen LogP contribution in [0.3, 0.4) is 0 Å². The quantitative estimate of drug-likeness (QED) is 0.0630. The second-order valence-corrected chi connectivity index (χ2v) is 30.3. The van der Waals surface area contributed by atoms with Gasteiger partial charge in [0.05, 0.1) is 93.4 Å². The highest BCUT2D eigenvalue weighted by Crippen LogP contribution is 2.49. The molecule has 9 heterocycles. The van der Waals surface area contributed by atoms with Crippen molar-refractivity contribution < 1.29 is 68.1 Å². The lowest BCUT2D eigenvalue weighted by Crippen LogP contribution is -2.54. The highest BCUT2D eigenvalue weighted by molar-refractivity contribution is 6.03. The fraction of sp³-hybridized carbons (Fsp3) is 0.544. The van der Waals surface area contributed by atoms with Gasteiger partial charge in [0.1, 0.15) is 35.6 Å². The molecule has 30 heteroatoms. The number of ether oxygens (including phenoxy) is 3.